The molecule has 1 amide bonds. The van der Waals surface area contributed by atoms with Gasteiger partial charge in [0, 0.05) is 18.4 Å². The Hall–Kier alpha value is -2.09. The van der Waals surface area contributed by atoms with E-state index in [1.54, 1.807) is 0 Å². The van der Waals surface area contributed by atoms with Gasteiger partial charge < -0.3 is 5.32 Å². The smallest absolute Gasteiger partial charge is 0.223 e. The Morgan fingerprint density at radius 1 is 0.880 bits per heavy atom. The summed E-state index contributed by atoms with van der Waals surface area (Å²) in [7, 11) is 0. The quantitative estimate of drug-likeness (QED) is 0.606. The standard InChI is InChI=1S/C23H31NO/c1-3-5-12-19(4-2)23(25)24-18-17-22(20-13-8-6-9-14-20)21-15-10-7-11-16-21/h6-11,13-16,19,22H,3-5,12,17-18H2,1-2H3,(H,24,25). The Balaban J connectivity index is 1.98. The molecule has 25 heavy (non-hydrogen) atoms. The molecule has 2 aromatic rings. The van der Waals surface area contributed by atoms with Gasteiger partial charge in [0.2, 0.25) is 5.91 Å². The number of amides is 1. The molecule has 2 rings (SSSR count). The van der Waals surface area contributed by atoms with Crippen molar-refractivity contribution in [3.05, 3.63) is 71.8 Å². The first-order valence-corrected chi connectivity index (χ1v) is 9.63. The van der Waals surface area contributed by atoms with Crippen LogP contribution in [0.25, 0.3) is 0 Å². The van der Waals surface area contributed by atoms with Gasteiger partial charge in [0.1, 0.15) is 0 Å². The van der Waals surface area contributed by atoms with E-state index >= 15 is 0 Å². The fourth-order valence-corrected chi connectivity index (χ4v) is 3.35. The van der Waals surface area contributed by atoms with Crippen LogP contribution in [0.2, 0.25) is 0 Å². The second-order valence-electron chi connectivity index (χ2n) is 6.70. The van der Waals surface area contributed by atoms with Gasteiger partial charge in [-0.2, -0.15) is 0 Å². The van der Waals surface area contributed by atoms with Crippen molar-refractivity contribution in [2.75, 3.05) is 6.54 Å². The second-order valence-corrected chi connectivity index (χ2v) is 6.70. The number of hydrogen-bond donors (Lipinski definition) is 1. The number of rotatable bonds is 10. The summed E-state index contributed by atoms with van der Waals surface area (Å²) in [5.74, 6) is 0.695. The van der Waals surface area contributed by atoms with Crippen molar-refractivity contribution >= 4 is 5.91 Å². The van der Waals surface area contributed by atoms with Gasteiger partial charge in [0.05, 0.1) is 0 Å². The third kappa shape index (κ3) is 6.04. The summed E-state index contributed by atoms with van der Waals surface area (Å²) >= 11 is 0. The van der Waals surface area contributed by atoms with Crippen molar-refractivity contribution in [1.29, 1.82) is 0 Å². The summed E-state index contributed by atoms with van der Waals surface area (Å²) in [6.07, 6.45) is 5.12. The molecule has 2 heteroatoms. The normalized spacial score (nSPS) is 12.1. The second kappa shape index (κ2) is 10.7. The molecular formula is C23H31NO. The number of carbonyl (C=O) groups is 1. The van der Waals surface area contributed by atoms with E-state index in [0.717, 1.165) is 38.6 Å². The zero-order valence-corrected chi connectivity index (χ0v) is 15.6. The van der Waals surface area contributed by atoms with Crippen molar-refractivity contribution in [3.8, 4) is 0 Å². The van der Waals surface area contributed by atoms with Gasteiger partial charge in [-0.1, -0.05) is 87.4 Å². The van der Waals surface area contributed by atoms with Crippen LogP contribution < -0.4 is 5.32 Å². The zero-order valence-electron chi connectivity index (χ0n) is 15.6. The molecule has 1 N–H and O–H groups in total. The monoisotopic (exact) mass is 337 g/mol. The summed E-state index contributed by atoms with van der Waals surface area (Å²) in [6, 6.07) is 21.1. The molecule has 134 valence electrons. The third-order valence-electron chi connectivity index (χ3n) is 4.91. The summed E-state index contributed by atoms with van der Waals surface area (Å²) in [5, 5.41) is 3.17. The van der Waals surface area contributed by atoms with E-state index in [4.69, 9.17) is 0 Å². The lowest BCUT2D eigenvalue weighted by Gasteiger charge is -2.20. The van der Waals surface area contributed by atoms with Gasteiger partial charge in [0.25, 0.3) is 0 Å². The highest BCUT2D eigenvalue weighted by Gasteiger charge is 2.17. The maximum atomic E-state index is 12.4. The van der Waals surface area contributed by atoms with Crippen molar-refractivity contribution < 1.29 is 4.79 Å². The van der Waals surface area contributed by atoms with Crippen LogP contribution in [0, 0.1) is 5.92 Å². The Bertz CT molecular complexity index is 569. The van der Waals surface area contributed by atoms with E-state index in [1.807, 2.05) is 12.1 Å². The van der Waals surface area contributed by atoms with E-state index < -0.39 is 0 Å². The van der Waals surface area contributed by atoms with E-state index in [9.17, 15) is 4.79 Å². The van der Waals surface area contributed by atoms with Gasteiger partial charge in [-0.15, -0.1) is 0 Å². The molecule has 0 fully saturated rings. The SMILES string of the molecule is CCCCC(CC)C(=O)NCCC(c1ccccc1)c1ccccc1. The van der Waals surface area contributed by atoms with Crippen molar-refractivity contribution in [3.63, 3.8) is 0 Å². The number of carbonyl (C=O) groups excluding carboxylic acids is 1. The number of benzene rings is 2. The van der Waals surface area contributed by atoms with Crippen LogP contribution in [0.15, 0.2) is 60.7 Å². The average molecular weight is 338 g/mol. The van der Waals surface area contributed by atoms with Gasteiger partial charge in [-0.05, 0) is 30.4 Å². The van der Waals surface area contributed by atoms with Gasteiger partial charge in [-0.25, -0.2) is 0 Å². The first-order chi connectivity index (χ1) is 12.3. The fourth-order valence-electron chi connectivity index (χ4n) is 3.35. The Kier molecular flexibility index (Phi) is 8.24. The lowest BCUT2D eigenvalue weighted by atomic mass is 9.88. The average Bonchev–Trinajstić information content (AvgIpc) is 2.67. The van der Waals surface area contributed by atoms with Crippen LogP contribution in [0.5, 0.6) is 0 Å². The molecule has 1 unspecified atom stereocenters. The lowest BCUT2D eigenvalue weighted by Crippen LogP contribution is -2.32. The predicted octanol–water partition coefficient (Wildman–Crippen LogP) is 5.54. The fraction of sp³-hybridized carbons (Fsp3) is 0.435. The first kappa shape index (κ1) is 19.2. The maximum absolute atomic E-state index is 12.4. The first-order valence-electron chi connectivity index (χ1n) is 9.63. The van der Waals surface area contributed by atoms with Crippen molar-refractivity contribution in [1.82, 2.24) is 5.32 Å². The molecule has 0 spiro atoms. The molecule has 1 atom stereocenters. The van der Waals surface area contributed by atoms with E-state index in [-0.39, 0.29) is 11.8 Å². The van der Waals surface area contributed by atoms with Crippen LogP contribution in [0.3, 0.4) is 0 Å². The van der Waals surface area contributed by atoms with Crippen molar-refractivity contribution in [2.24, 2.45) is 5.92 Å². The molecule has 2 aromatic carbocycles. The maximum Gasteiger partial charge on any atom is 0.223 e. The molecule has 0 bridgehead atoms. The van der Waals surface area contributed by atoms with Gasteiger partial charge in [-0.3, -0.25) is 4.79 Å². The Morgan fingerprint density at radius 2 is 1.44 bits per heavy atom. The lowest BCUT2D eigenvalue weighted by molar-refractivity contribution is -0.125. The minimum Gasteiger partial charge on any atom is -0.356 e. The van der Waals surface area contributed by atoms with Gasteiger partial charge in [0.15, 0.2) is 0 Å². The summed E-state index contributed by atoms with van der Waals surface area (Å²) in [4.78, 5) is 12.4. The summed E-state index contributed by atoms with van der Waals surface area (Å²) < 4.78 is 0. The van der Waals surface area contributed by atoms with Crippen LogP contribution >= 0.6 is 0 Å². The predicted molar refractivity (Wildman–Crippen MR) is 106 cm³/mol. The molecule has 0 aromatic heterocycles. The Labute approximate surface area is 152 Å². The highest BCUT2D eigenvalue weighted by atomic mass is 16.1. The molecule has 0 saturated carbocycles. The van der Waals surface area contributed by atoms with Crippen molar-refractivity contribution in [2.45, 2.75) is 51.9 Å². The minimum atomic E-state index is 0.159. The van der Waals surface area contributed by atoms with Crippen LogP contribution in [-0.4, -0.2) is 12.5 Å². The third-order valence-corrected chi connectivity index (χ3v) is 4.91. The van der Waals surface area contributed by atoms with E-state index in [0.29, 0.717) is 5.92 Å². The van der Waals surface area contributed by atoms with Crippen LogP contribution in [0.1, 0.15) is 63.0 Å². The van der Waals surface area contributed by atoms with Crippen LogP contribution in [0.4, 0.5) is 0 Å². The Morgan fingerprint density at radius 3 is 1.92 bits per heavy atom. The zero-order chi connectivity index (χ0) is 17.9. The highest BCUT2D eigenvalue weighted by Crippen LogP contribution is 2.27. The molecular weight excluding hydrogens is 306 g/mol. The molecule has 0 aliphatic heterocycles. The van der Waals surface area contributed by atoms with E-state index in [1.165, 1.54) is 11.1 Å². The molecule has 0 aliphatic carbocycles. The molecule has 0 saturated heterocycles. The molecule has 0 aliphatic rings. The molecule has 0 radical (unpaired) electrons. The highest BCUT2D eigenvalue weighted by molar-refractivity contribution is 5.78. The summed E-state index contributed by atoms with van der Waals surface area (Å²) in [5.41, 5.74) is 2.61. The largest absolute Gasteiger partial charge is 0.356 e. The summed E-state index contributed by atoms with van der Waals surface area (Å²) in [6.45, 7) is 5.00. The minimum absolute atomic E-state index is 0.159. The topological polar surface area (TPSA) is 29.1 Å². The molecule has 0 heterocycles. The van der Waals surface area contributed by atoms with E-state index in [2.05, 4.69) is 67.7 Å². The van der Waals surface area contributed by atoms with Crippen LogP contribution in [-0.2, 0) is 4.79 Å². The number of unbranched alkanes of at least 4 members (excludes halogenated alkanes) is 1. The van der Waals surface area contributed by atoms with Gasteiger partial charge >= 0.3 is 0 Å². The number of hydrogen-bond acceptors (Lipinski definition) is 1. The molecule has 2 nitrogen and oxygen atoms in total. The number of nitrogens with one attached hydrogen (secondary N) is 1.